The molecule has 0 aliphatic heterocycles. The first-order chi connectivity index (χ1) is 9.29. The number of hydrogen-bond acceptors (Lipinski definition) is 2. The molecule has 5 heteroatoms. The van der Waals surface area contributed by atoms with Crippen molar-refractivity contribution in [2.24, 2.45) is 5.92 Å². The van der Waals surface area contributed by atoms with Gasteiger partial charge in [0.1, 0.15) is 0 Å². The van der Waals surface area contributed by atoms with Gasteiger partial charge in [-0.25, -0.2) is 0 Å². The van der Waals surface area contributed by atoms with Crippen LogP contribution in [0.2, 0.25) is 0 Å². The normalized spacial score (nSPS) is 23.2. The Bertz CT molecular complexity index is 478. The van der Waals surface area contributed by atoms with Crippen molar-refractivity contribution in [3.05, 3.63) is 23.8 Å². The Balaban J connectivity index is 1.92. The number of allylic oxidation sites excluding steroid dienone is 3. The molecule has 2 aliphatic carbocycles. The summed E-state index contributed by atoms with van der Waals surface area (Å²) in [5, 5.41) is 2.31. The van der Waals surface area contributed by atoms with Gasteiger partial charge in [0, 0.05) is 18.9 Å². The summed E-state index contributed by atoms with van der Waals surface area (Å²) in [6.45, 7) is 5.38. The maximum absolute atomic E-state index is 13.8. The molecule has 0 radical (unpaired) electrons. The summed E-state index contributed by atoms with van der Waals surface area (Å²) in [6, 6.07) is -0.0940. The van der Waals surface area contributed by atoms with Crippen molar-refractivity contribution < 1.29 is 18.4 Å². The molecule has 1 unspecified atom stereocenters. The summed E-state index contributed by atoms with van der Waals surface area (Å²) in [7, 11) is 0. The summed E-state index contributed by atoms with van der Waals surface area (Å²) in [4.78, 5) is 23.1. The molecule has 0 bridgehead atoms. The second-order valence-electron chi connectivity index (χ2n) is 5.73. The van der Waals surface area contributed by atoms with Crippen LogP contribution in [0.4, 0.5) is 8.78 Å². The molecule has 1 N–H and O–H groups in total. The molecule has 1 atom stereocenters. The summed E-state index contributed by atoms with van der Waals surface area (Å²) in [6.07, 6.45) is 3.35. The van der Waals surface area contributed by atoms with Crippen LogP contribution in [0.15, 0.2) is 23.8 Å². The van der Waals surface area contributed by atoms with E-state index < -0.39 is 18.3 Å². The van der Waals surface area contributed by atoms with Crippen LogP contribution in [-0.4, -0.2) is 23.7 Å². The average Bonchev–Trinajstić information content (AvgIpc) is 3.15. The molecule has 110 valence electrons. The van der Waals surface area contributed by atoms with E-state index in [1.807, 2.05) is 0 Å². The third kappa shape index (κ3) is 3.52. The summed E-state index contributed by atoms with van der Waals surface area (Å²) in [5.41, 5.74) is 0.949. The van der Waals surface area contributed by atoms with E-state index in [0.29, 0.717) is 12.0 Å². The van der Waals surface area contributed by atoms with E-state index in [9.17, 15) is 18.4 Å². The number of hydrogen-bond donors (Lipinski definition) is 1. The molecule has 3 nitrogen and oxygen atoms in total. The molecular weight excluding hydrogens is 264 g/mol. The van der Waals surface area contributed by atoms with E-state index in [-0.39, 0.29) is 29.7 Å². The highest BCUT2D eigenvalue weighted by Crippen LogP contribution is 2.33. The van der Waals surface area contributed by atoms with E-state index in [1.54, 1.807) is 13.0 Å². The van der Waals surface area contributed by atoms with Crippen molar-refractivity contribution in [3.63, 3.8) is 0 Å². The minimum Gasteiger partial charge on any atom is -0.348 e. The molecule has 0 aromatic rings. The van der Waals surface area contributed by atoms with Gasteiger partial charge in [-0.15, -0.1) is 0 Å². The number of carbonyl (C=O) groups excluding carboxylic acids is 2. The number of alkyl halides is 2. The minimum absolute atomic E-state index is 0.0341. The van der Waals surface area contributed by atoms with Gasteiger partial charge in [-0.3, -0.25) is 9.59 Å². The molecule has 1 saturated carbocycles. The lowest BCUT2D eigenvalue weighted by atomic mass is 9.82. The zero-order chi connectivity index (χ0) is 14.9. The maximum Gasteiger partial charge on any atom is 0.328 e. The van der Waals surface area contributed by atoms with Crippen LogP contribution in [0, 0.1) is 5.92 Å². The second kappa shape index (κ2) is 5.46. The van der Waals surface area contributed by atoms with Crippen molar-refractivity contribution >= 4 is 11.7 Å². The molecule has 1 fully saturated rings. The van der Waals surface area contributed by atoms with E-state index in [2.05, 4.69) is 11.9 Å². The number of halogens is 2. The lowest BCUT2D eigenvalue weighted by Crippen LogP contribution is -2.41. The third-order valence-corrected chi connectivity index (χ3v) is 3.85. The fraction of sp³-hybridized carbons (Fsp3) is 0.600. The van der Waals surface area contributed by atoms with Gasteiger partial charge in [0.05, 0.1) is 0 Å². The van der Waals surface area contributed by atoms with Gasteiger partial charge in [-0.1, -0.05) is 18.2 Å². The van der Waals surface area contributed by atoms with Gasteiger partial charge in [-0.2, -0.15) is 8.78 Å². The molecule has 20 heavy (non-hydrogen) atoms. The van der Waals surface area contributed by atoms with Gasteiger partial charge in [-0.05, 0) is 37.7 Å². The molecule has 0 spiro atoms. The molecular formula is C15H19F2NO2. The fourth-order valence-corrected chi connectivity index (χ4v) is 2.24. The number of Topliss-reactive ketones (excluding diaryl/α,β-unsaturated/α-hetero) is 1. The lowest BCUT2D eigenvalue weighted by Gasteiger charge is -2.24. The quantitative estimate of drug-likeness (QED) is 0.789. The Morgan fingerprint density at radius 3 is 2.70 bits per heavy atom. The van der Waals surface area contributed by atoms with Crippen molar-refractivity contribution in [1.29, 1.82) is 0 Å². The number of rotatable bonds is 5. The topological polar surface area (TPSA) is 46.2 Å². The van der Waals surface area contributed by atoms with Crippen molar-refractivity contribution in [3.8, 4) is 0 Å². The highest BCUT2D eigenvalue weighted by atomic mass is 19.3. The number of amides is 1. The first kappa shape index (κ1) is 14.9. The highest BCUT2D eigenvalue weighted by Gasteiger charge is 2.42. The molecule has 2 aliphatic rings. The Kier molecular flexibility index (Phi) is 4.06. The van der Waals surface area contributed by atoms with E-state index in [1.165, 1.54) is 0 Å². The number of ketones is 1. The Hall–Kier alpha value is -1.52. The molecule has 0 aromatic carbocycles. The minimum atomic E-state index is -3.45. The van der Waals surface area contributed by atoms with Crippen LogP contribution < -0.4 is 5.32 Å². The predicted octanol–water partition coefficient (Wildman–Crippen LogP) is 2.77. The second-order valence-corrected chi connectivity index (χ2v) is 5.73. The van der Waals surface area contributed by atoms with Gasteiger partial charge in [0.15, 0.2) is 5.78 Å². The zero-order valence-electron chi connectivity index (χ0n) is 11.5. The van der Waals surface area contributed by atoms with Gasteiger partial charge in [0.2, 0.25) is 0 Å². The van der Waals surface area contributed by atoms with Crippen molar-refractivity contribution in [2.45, 2.75) is 51.0 Å². The number of carbonyl (C=O) groups is 2. The van der Waals surface area contributed by atoms with Crippen LogP contribution in [0.25, 0.3) is 0 Å². The summed E-state index contributed by atoms with van der Waals surface area (Å²) < 4.78 is 27.6. The first-order valence-corrected chi connectivity index (χ1v) is 6.86. The van der Waals surface area contributed by atoms with Crippen LogP contribution in [0.1, 0.15) is 39.0 Å². The first-order valence-electron chi connectivity index (χ1n) is 6.86. The average molecular weight is 283 g/mol. The lowest BCUT2D eigenvalue weighted by molar-refractivity contribution is -0.145. The van der Waals surface area contributed by atoms with Crippen molar-refractivity contribution in [1.82, 2.24) is 5.32 Å². The SMILES string of the molecule is C=C(CC(F)(F)C(=O)NC1CC1)C1CC=C(C)C(=O)C1. The molecule has 1 amide bonds. The predicted molar refractivity (Wildman–Crippen MR) is 71.4 cm³/mol. The molecule has 2 rings (SSSR count). The third-order valence-electron chi connectivity index (χ3n) is 3.85. The van der Waals surface area contributed by atoms with Gasteiger partial charge < -0.3 is 5.32 Å². The fourth-order valence-electron chi connectivity index (χ4n) is 2.24. The molecule has 0 saturated heterocycles. The largest absolute Gasteiger partial charge is 0.348 e. The molecule has 0 aromatic heterocycles. The van der Waals surface area contributed by atoms with Gasteiger partial charge in [0.25, 0.3) is 5.91 Å². The standard InChI is InChI=1S/C15H19F2NO2/c1-9-3-4-11(7-13(9)19)10(2)8-15(16,17)14(20)18-12-5-6-12/h3,11-12H,2,4-8H2,1H3,(H,18,20). The Morgan fingerprint density at radius 1 is 1.50 bits per heavy atom. The monoisotopic (exact) mass is 283 g/mol. The van der Waals surface area contributed by atoms with E-state index in [0.717, 1.165) is 12.8 Å². The van der Waals surface area contributed by atoms with Crippen LogP contribution in [0.3, 0.4) is 0 Å². The van der Waals surface area contributed by atoms with Crippen molar-refractivity contribution in [2.75, 3.05) is 0 Å². The highest BCUT2D eigenvalue weighted by molar-refractivity contribution is 5.95. The number of nitrogens with one attached hydrogen (secondary N) is 1. The molecule has 0 heterocycles. The summed E-state index contributed by atoms with van der Waals surface area (Å²) in [5.74, 6) is -4.99. The summed E-state index contributed by atoms with van der Waals surface area (Å²) >= 11 is 0. The maximum atomic E-state index is 13.8. The van der Waals surface area contributed by atoms with E-state index in [4.69, 9.17) is 0 Å². The van der Waals surface area contributed by atoms with Crippen LogP contribution in [-0.2, 0) is 9.59 Å². The Morgan fingerprint density at radius 2 is 2.15 bits per heavy atom. The van der Waals surface area contributed by atoms with Crippen LogP contribution >= 0.6 is 0 Å². The Labute approximate surface area is 117 Å². The smallest absolute Gasteiger partial charge is 0.328 e. The zero-order valence-corrected chi connectivity index (χ0v) is 11.5. The van der Waals surface area contributed by atoms with Gasteiger partial charge >= 0.3 is 5.92 Å². The van der Waals surface area contributed by atoms with E-state index >= 15 is 0 Å². The van der Waals surface area contributed by atoms with Crippen LogP contribution in [0.5, 0.6) is 0 Å².